The Labute approximate surface area is 153 Å². The van der Waals surface area contributed by atoms with Gasteiger partial charge in [0.05, 0.1) is 19.4 Å². The Hall–Kier alpha value is -2.26. The highest BCUT2D eigenvalue weighted by Gasteiger charge is 2.45. The molecular weight excluding hydrogens is 382 g/mol. The van der Waals surface area contributed by atoms with Crippen molar-refractivity contribution in [3.8, 4) is 5.75 Å². The van der Waals surface area contributed by atoms with Crippen LogP contribution in [0.2, 0.25) is 0 Å². The molecule has 11 heteroatoms. The van der Waals surface area contributed by atoms with E-state index >= 15 is 0 Å². The molecule has 3 rings (SSSR count). The van der Waals surface area contributed by atoms with Gasteiger partial charge in [0.2, 0.25) is 0 Å². The van der Waals surface area contributed by atoms with E-state index in [1.54, 1.807) is 30.3 Å². The second-order valence-electron chi connectivity index (χ2n) is 5.87. The Morgan fingerprint density at radius 1 is 1.26 bits per heavy atom. The van der Waals surface area contributed by atoms with Gasteiger partial charge in [-0.05, 0) is 12.1 Å². The molecule has 2 aromatic rings. The van der Waals surface area contributed by atoms with Crippen molar-refractivity contribution < 1.29 is 27.8 Å². The molecular formula is C16H18FN2O7P. The summed E-state index contributed by atoms with van der Waals surface area (Å²) in [7, 11) is -2.92. The summed E-state index contributed by atoms with van der Waals surface area (Å²) in [4.78, 5) is 25.1. The Morgan fingerprint density at radius 2 is 2.00 bits per heavy atom. The Balaban J connectivity index is 1.66. The molecule has 1 aromatic heterocycles. The number of H-pyrrole nitrogens is 1. The third kappa shape index (κ3) is 4.54. The fraction of sp³-hybridized carbons (Fsp3) is 0.375. The van der Waals surface area contributed by atoms with E-state index in [0.29, 0.717) is 5.75 Å². The number of benzene rings is 1. The number of aromatic nitrogens is 2. The van der Waals surface area contributed by atoms with Gasteiger partial charge >= 0.3 is 13.9 Å². The number of aliphatic hydroxyl groups excluding tert-OH is 1. The summed E-state index contributed by atoms with van der Waals surface area (Å²) in [6.07, 6.45) is -2.37. The highest BCUT2D eigenvalue weighted by molar-refractivity contribution is 7.33. The van der Waals surface area contributed by atoms with E-state index in [0.717, 1.165) is 16.8 Å². The van der Waals surface area contributed by atoms with Gasteiger partial charge in [-0.2, -0.15) is 0 Å². The number of hydrogen-bond acceptors (Lipinski definition) is 7. The predicted octanol–water partition coefficient (Wildman–Crippen LogP) is 0.866. The summed E-state index contributed by atoms with van der Waals surface area (Å²) in [5, 5.41) is 10.3. The highest BCUT2D eigenvalue weighted by Crippen LogP contribution is 2.36. The molecule has 0 bridgehead atoms. The van der Waals surface area contributed by atoms with Crippen LogP contribution in [0.4, 0.5) is 4.39 Å². The van der Waals surface area contributed by atoms with Crippen LogP contribution in [0.5, 0.6) is 5.75 Å². The van der Waals surface area contributed by atoms with Crippen LogP contribution in [0.1, 0.15) is 6.23 Å². The largest absolute Gasteiger partial charge is 0.426 e. The van der Waals surface area contributed by atoms with Gasteiger partial charge in [-0.3, -0.25) is 23.3 Å². The molecule has 5 atom stereocenters. The fourth-order valence-corrected chi connectivity index (χ4v) is 3.46. The topological polar surface area (TPSA) is 120 Å². The number of ether oxygens (including phenoxy) is 1. The van der Waals surface area contributed by atoms with Crippen molar-refractivity contribution in [2.24, 2.45) is 5.92 Å². The standard InChI is InChI=1S/C16H18FN2O7P/c17-8-11-12(9-24-27(23)26-10-4-2-1-3-5-10)25-15(14(11)21)19-7-6-13(20)18-16(19)22/h1-7,11-12,14-15,21,27H,8-9H2,(H,18,20,22)/t11-,12-,14-,15-/m1/s1. The van der Waals surface area contributed by atoms with Gasteiger partial charge in [0.15, 0.2) is 6.23 Å². The maximum absolute atomic E-state index is 13.4. The second-order valence-corrected chi connectivity index (χ2v) is 6.86. The zero-order valence-electron chi connectivity index (χ0n) is 14.0. The van der Waals surface area contributed by atoms with Crippen molar-refractivity contribution in [3.05, 3.63) is 63.4 Å². The zero-order chi connectivity index (χ0) is 19.4. The molecule has 2 heterocycles. The van der Waals surface area contributed by atoms with E-state index in [1.807, 2.05) is 4.98 Å². The van der Waals surface area contributed by atoms with E-state index < -0.39 is 50.5 Å². The number of alkyl halides is 1. The predicted molar refractivity (Wildman–Crippen MR) is 92.7 cm³/mol. The lowest BCUT2D eigenvalue weighted by Crippen LogP contribution is -2.36. The summed E-state index contributed by atoms with van der Waals surface area (Å²) in [6, 6.07) is 9.45. The van der Waals surface area contributed by atoms with Crippen molar-refractivity contribution in [2.45, 2.75) is 18.4 Å². The number of aromatic amines is 1. The number of hydrogen-bond donors (Lipinski definition) is 2. The molecule has 146 valence electrons. The maximum Gasteiger partial charge on any atom is 0.367 e. The first-order valence-corrected chi connectivity index (χ1v) is 9.32. The Kier molecular flexibility index (Phi) is 6.22. The van der Waals surface area contributed by atoms with E-state index in [-0.39, 0.29) is 6.61 Å². The van der Waals surface area contributed by atoms with Crippen molar-refractivity contribution in [1.29, 1.82) is 0 Å². The van der Waals surface area contributed by atoms with E-state index in [2.05, 4.69) is 0 Å². The molecule has 1 saturated heterocycles. The van der Waals surface area contributed by atoms with Gasteiger partial charge in [-0.15, -0.1) is 0 Å². The van der Waals surface area contributed by atoms with Gasteiger partial charge in [0, 0.05) is 18.2 Å². The zero-order valence-corrected chi connectivity index (χ0v) is 15.0. The number of para-hydroxylation sites is 1. The Morgan fingerprint density at radius 3 is 2.67 bits per heavy atom. The summed E-state index contributed by atoms with van der Waals surface area (Å²) in [5.74, 6) is -0.645. The third-order valence-corrected chi connectivity index (χ3v) is 4.94. The van der Waals surface area contributed by atoms with Gasteiger partial charge in [0.1, 0.15) is 11.9 Å². The van der Waals surface area contributed by atoms with Crippen LogP contribution in [-0.2, 0) is 13.8 Å². The lowest BCUT2D eigenvalue weighted by Gasteiger charge is -2.17. The van der Waals surface area contributed by atoms with E-state index in [9.17, 15) is 23.7 Å². The maximum atomic E-state index is 13.4. The number of nitrogens with zero attached hydrogens (tertiary/aromatic N) is 1. The van der Waals surface area contributed by atoms with Crippen LogP contribution >= 0.6 is 8.25 Å². The SMILES string of the molecule is O=c1ccn([C@@H]2O[C@H](CO[PH](=O)Oc3ccccc3)[C@@H](CF)[C@H]2O)c(=O)[nH]1. The quantitative estimate of drug-likeness (QED) is 0.662. The second kappa shape index (κ2) is 8.62. The van der Waals surface area contributed by atoms with Crippen LogP contribution < -0.4 is 15.8 Å². The smallest absolute Gasteiger partial charge is 0.367 e. The van der Waals surface area contributed by atoms with Crippen LogP contribution in [0.3, 0.4) is 0 Å². The van der Waals surface area contributed by atoms with E-state index in [1.165, 1.54) is 0 Å². The third-order valence-electron chi connectivity index (χ3n) is 4.14. The molecule has 1 aromatic carbocycles. The van der Waals surface area contributed by atoms with Crippen LogP contribution in [0.25, 0.3) is 0 Å². The van der Waals surface area contributed by atoms with Gasteiger partial charge in [-0.1, -0.05) is 18.2 Å². The molecule has 1 unspecified atom stereocenters. The highest BCUT2D eigenvalue weighted by atomic mass is 31.1. The van der Waals surface area contributed by atoms with Crippen LogP contribution in [-0.4, -0.2) is 40.1 Å². The van der Waals surface area contributed by atoms with Gasteiger partial charge < -0.3 is 14.4 Å². The fourth-order valence-electron chi connectivity index (χ4n) is 2.77. The van der Waals surface area contributed by atoms with Gasteiger partial charge in [0.25, 0.3) is 5.56 Å². The molecule has 0 amide bonds. The molecule has 0 aliphatic carbocycles. The Bertz CT molecular complexity index is 903. The first-order valence-electron chi connectivity index (χ1n) is 8.10. The van der Waals surface area contributed by atoms with Crippen molar-refractivity contribution in [3.63, 3.8) is 0 Å². The molecule has 9 nitrogen and oxygen atoms in total. The number of halogens is 1. The molecule has 1 aliphatic heterocycles. The molecule has 1 fully saturated rings. The van der Waals surface area contributed by atoms with Gasteiger partial charge in [-0.25, -0.2) is 9.36 Å². The summed E-state index contributed by atoms with van der Waals surface area (Å²) in [5.41, 5.74) is -1.41. The van der Waals surface area contributed by atoms with Crippen molar-refractivity contribution in [1.82, 2.24) is 9.55 Å². The molecule has 0 saturated carbocycles. The van der Waals surface area contributed by atoms with Crippen LogP contribution in [0.15, 0.2) is 52.2 Å². The normalized spacial score (nSPS) is 26.0. The summed E-state index contributed by atoms with van der Waals surface area (Å²) in [6.45, 7) is -1.24. The summed E-state index contributed by atoms with van der Waals surface area (Å²) < 4.78 is 42.0. The number of nitrogens with one attached hydrogen (secondary N) is 1. The molecule has 0 spiro atoms. The number of aliphatic hydroxyl groups is 1. The monoisotopic (exact) mass is 400 g/mol. The van der Waals surface area contributed by atoms with E-state index in [4.69, 9.17) is 13.8 Å². The molecule has 27 heavy (non-hydrogen) atoms. The van der Waals surface area contributed by atoms with Crippen molar-refractivity contribution >= 4 is 8.25 Å². The first kappa shape index (κ1) is 19.5. The minimum absolute atomic E-state index is 0.301. The molecule has 1 aliphatic rings. The lowest BCUT2D eigenvalue weighted by atomic mass is 10.00. The first-order chi connectivity index (χ1) is 13.0. The average Bonchev–Trinajstić information content (AvgIpc) is 2.96. The average molecular weight is 400 g/mol. The summed E-state index contributed by atoms with van der Waals surface area (Å²) >= 11 is 0. The number of rotatable bonds is 7. The minimum atomic E-state index is -2.92. The lowest BCUT2D eigenvalue weighted by molar-refractivity contribution is -0.0507. The van der Waals surface area contributed by atoms with Crippen molar-refractivity contribution in [2.75, 3.05) is 13.3 Å². The molecule has 2 N–H and O–H groups in total. The molecule has 0 radical (unpaired) electrons. The van der Waals surface area contributed by atoms with Crippen LogP contribution in [0, 0.1) is 5.92 Å². The minimum Gasteiger partial charge on any atom is -0.426 e.